The zero-order valence-electron chi connectivity index (χ0n) is 14.5. The Kier molecular flexibility index (Phi) is 4.02. The number of carbonyl (C=O) groups excluding carboxylic acids is 1. The van der Waals surface area contributed by atoms with Gasteiger partial charge in [0.25, 0.3) is 0 Å². The topological polar surface area (TPSA) is 61.5 Å². The summed E-state index contributed by atoms with van der Waals surface area (Å²) < 4.78 is 12.2. The highest BCUT2D eigenvalue weighted by Gasteiger charge is 2.51. The van der Waals surface area contributed by atoms with E-state index in [0.717, 1.165) is 16.6 Å². The highest BCUT2D eigenvalue weighted by atomic mass is 16.7. The molecular formula is C19H22BNO3. The van der Waals surface area contributed by atoms with Crippen LogP contribution in [0.15, 0.2) is 48.5 Å². The number of hydrogen-bond donors (Lipinski definition) is 1. The lowest BCUT2D eigenvalue weighted by molar-refractivity contribution is 0.00578. The molecule has 5 heteroatoms. The molecule has 24 heavy (non-hydrogen) atoms. The summed E-state index contributed by atoms with van der Waals surface area (Å²) in [6.07, 6.45) is 0. The molecule has 0 radical (unpaired) electrons. The van der Waals surface area contributed by atoms with Gasteiger partial charge in [-0.2, -0.15) is 0 Å². The van der Waals surface area contributed by atoms with Crippen LogP contribution in [0.1, 0.15) is 38.1 Å². The third-order valence-corrected chi connectivity index (χ3v) is 4.92. The van der Waals surface area contributed by atoms with Crippen LogP contribution < -0.4 is 11.2 Å². The average Bonchev–Trinajstić information content (AvgIpc) is 2.75. The van der Waals surface area contributed by atoms with Gasteiger partial charge in [-0.05, 0) is 50.4 Å². The molecule has 3 rings (SSSR count). The van der Waals surface area contributed by atoms with E-state index < -0.39 is 24.2 Å². The van der Waals surface area contributed by atoms with Gasteiger partial charge in [0.1, 0.15) is 0 Å². The monoisotopic (exact) mass is 323 g/mol. The Morgan fingerprint density at radius 2 is 1.58 bits per heavy atom. The zero-order valence-corrected chi connectivity index (χ0v) is 14.5. The Labute approximate surface area is 143 Å². The predicted octanol–water partition coefficient (Wildman–Crippen LogP) is 2.75. The molecule has 1 aliphatic heterocycles. The molecule has 1 heterocycles. The van der Waals surface area contributed by atoms with Crippen molar-refractivity contribution in [3.63, 3.8) is 0 Å². The Hall–Kier alpha value is -2.11. The zero-order chi connectivity index (χ0) is 17.5. The summed E-state index contributed by atoms with van der Waals surface area (Å²) in [6.45, 7) is 8.11. The van der Waals surface area contributed by atoms with E-state index in [2.05, 4.69) is 0 Å². The van der Waals surface area contributed by atoms with Gasteiger partial charge >= 0.3 is 7.12 Å². The first kappa shape index (κ1) is 16.7. The molecule has 2 aromatic rings. The van der Waals surface area contributed by atoms with E-state index in [0.29, 0.717) is 5.56 Å². The third-order valence-electron chi connectivity index (χ3n) is 4.92. The molecule has 124 valence electrons. The van der Waals surface area contributed by atoms with Gasteiger partial charge in [-0.15, -0.1) is 0 Å². The van der Waals surface area contributed by atoms with Crippen LogP contribution in [0.3, 0.4) is 0 Å². The fourth-order valence-corrected chi connectivity index (χ4v) is 2.78. The van der Waals surface area contributed by atoms with Crippen LogP contribution in [-0.4, -0.2) is 24.2 Å². The fraction of sp³-hybridized carbons (Fsp3) is 0.316. The van der Waals surface area contributed by atoms with Gasteiger partial charge in [0.05, 0.1) is 11.2 Å². The molecule has 0 atom stereocenters. The maximum Gasteiger partial charge on any atom is 0.494 e. The van der Waals surface area contributed by atoms with Crippen LogP contribution in [0.5, 0.6) is 0 Å². The Morgan fingerprint density at radius 1 is 0.958 bits per heavy atom. The maximum atomic E-state index is 11.7. The standard InChI is InChI=1S/C19H22BNO3/c1-18(2)19(3,4)24-20(23-18)14-9-7-8-13(12-14)15-10-5-6-11-16(15)17(21)22/h5-12H,1-4H3,(H2,21,22). The number of hydrogen-bond acceptors (Lipinski definition) is 3. The quantitative estimate of drug-likeness (QED) is 0.884. The van der Waals surface area contributed by atoms with E-state index in [-0.39, 0.29) is 0 Å². The predicted molar refractivity (Wildman–Crippen MR) is 96.1 cm³/mol. The molecule has 1 aliphatic rings. The van der Waals surface area contributed by atoms with Gasteiger partial charge in [0.15, 0.2) is 0 Å². The molecule has 0 aromatic heterocycles. The summed E-state index contributed by atoms with van der Waals surface area (Å²) >= 11 is 0. The van der Waals surface area contributed by atoms with Crippen LogP contribution in [0.4, 0.5) is 0 Å². The van der Waals surface area contributed by atoms with Crippen molar-refractivity contribution in [3.05, 3.63) is 54.1 Å². The summed E-state index contributed by atoms with van der Waals surface area (Å²) in [4.78, 5) is 11.7. The van der Waals surface area contributed by atoms with Crippen molar-refractivity contribution in [1.82, 2.24) is 0 Å². The summed E-state index contributed by atoms with van der Waals surface area (Å²) in [5, 5.41) is 0. The average molecular weight is 323 g/mol. The highest BCUT2D eigenvalue weighted by molar-refractivity contribution is 6.62. The Morgan fingerprint density at radius 3 is 2.21 bits per heavy atom. The van der Waals surface area contributed by atoms with Gasteiger partial charge in [0, 0.05) is 5.56 Å². The summed E-state index contributed by atoms with van der Waals surface area (Å²) in [5.41, 5.74) is 7.86. The Bertz CT molecular complexity index is 770. The molecular weight excluding hydrogens is 301 g/mol. The fourth-order valence-electron chi connectivity index (χ4n) is 2.78. The molecule has 0 unspecified atom stereocenters. The van der Waals surface area contributed by atoms with E-state index in [9.17, 15) is 4.79 Å². The van der Waals surface area contributed by atoms with Gasteiger partial charge in [0.2, 0.25) is 5.91 Å². The van der Waals surface area contributed by atoms with E-state index in [1.165, 1.54) is 0 Å². The smallest absolute Gasteiger partial charge is 0.399 e. The Balaban J connectivity index is 1.99. The van der Waals surface area contributed by atoms with E-state index in [4.69, 9.17) is 15.0 Å². The minimum absolute atomic E-state index is 0.390. The molecule has 0 saturated carbocycles. The van der Waals surface area contributed by atoms with Crippen LogP contribution >= 0.6 is 0 Å². The van der Waals surface area contributed by atoms with Crippen LogP contribution in [0.2, 0.25) is 0 Å². The highest BCUT2D eigenvalue weighted by Crippen LogP contribution is 2.36. The first-order valence-corrected chi connectivity index (χ1v) is 8.06. The number of amides is 1. The van der Waals surface area contributed by atoms with E-state index in [1.54, 1.807) is 6.07 Å². The largest absolute Gasteiger partial charge is 0.494 e. The summed E-state index contributed by atoms with van der Waals surface area (Å²) in [6, 6.07) is 15.2. The second-order valence-electron chi connectivity index (χ2n) is 7.12. The molecule has 1 fully saturated rings. The third kappa shape index (κ3) is 2.85. The van der Waals surface area contributed by atoms with Crippen LogP contribution in [0.25, 0.3) is 11.1 Å². The minimum atomic E-state index is -0.438. The van der Waals surface area contributed by atoms with Crippen molar-refractivity contribution >= 4 is 18.5 Å². The second kappa shape index (κ2) is 5.76. The van der Waals surface area contributed by atoms with Crippen molar-refractivity contribution in [1.29, 1.82) is 0 Å². The summed E-state index contributed by atoms with van der Waals surface area (Å²) in [7, 11) is -0.435. The minimum Gasteiger partial charge on any atom is -0.399 e. The molecule has 1 saturated heterocycles. The van der Waals surface area contributed by atoms with Gasteiger partial charge in [-0.3, -0.25) is 4.79 Å². The number of benzene rings is 2. The lowest BCUT2D eigenvalue weighted by Crippen LogP contribution is -2.41. The molecule has 0 aliphatic carbocycles. The normalized spacial score (nSPS) is 18.6. The molecule has 0 bridgehead atoms. The van der Waals surface area contributed by atoms with E-state index in [1.807, 2.05) is 70.2 Å². The van der Waals surface area contributed by atoms with Crippen molar-refractivity contribution in [2.45, 2.75) is 38.9 Å². The molecule has 0 spiro atoms. The summed E-state index contributed by atoms with van der Waals surface area (Å²) in [5.74, 6) is -0.438. The number of nitrogens with two attached hydrogens (primary N) is 1. The first-order chi connectivity index (χ1) is 11.2. The van der Waals surface area contributed by atoms with Gasteiger partial charge < -0.3 is 15.0 Å². The number of carbonyl (C=O) groups is 1. The maximum absolute atomic E-state index is 11.7. The SMILES string of the molecule is CC1(C)OB(c2cccc(-c3ccccc3C(N)=O)c2)OC1(C)C. The molecule has 2 N–H and O–H groups in total. The lowest BCUT2D eigenvalue weighted by atomic mass is 9.77. The molecule has 4 nitrogen and oxygen atoms in total. The van der Waals surface area contributed by atoms with Crippen LogP contribution in [-0.2, 0) is 9.31 Å². The van der Waals surface area contributed by atoms with Crippen molar-refractivity contribution < 1.29 is 14.1 Å². The first-order valence-electron chi connectivity index (χ1n) is 8.06. The van der Waals surface area contributed by atoms with E-state index >= 15 is 0 Å². The second-order valence-corrected chi connectivity index (χ2v) is 7.12. The van der Waals surface area contributed by atoms with Gasteiger partial charge in [-0.25, -0.2) is 0 Å². The van der Waals surface area contributed by atoms with Crippen LogP contribution in [0, 0.1) is 0 Å². The lowest BCUT2D eigenvalue weighted by Gasteiger charge is -2.32. The number of primary amides is 1. The number of rotatable bonds is 3. The van der Waals surface area contributed by atoms with Crippen molar-refractivity contribution in [3.8, 4) is 11.1 Å². The molecule has 2 aromatic carbocycles. The van der Waals surface area contributed by atoms with Gasteiger partial charge in [-0.1, -0.05) is 42.5 Å². The molecule has 1 amide bonds. The van der Waals surface area contributed by atoms with Crippen molar-refractivity contribution in [2.24, 2.45) is 5.73 Å². The van der Waals surface area contributed by atoms with Crippen molar-refractivity contribution in [2.75, 3.05) is 0 Å².